The minimum atomic E-state index is -0.449. The fourth-order valence-corrected chi connectivity index (χ4v) is 3.48. The number of carbonyl (C=O) groups is 1. The van der Waals surface area contributed by atoms with Crippen LogP contribution in [-0.4, -0.2) is 11.9 Å². The molecule has 0 atom stereocenters. The van der Waals surface area contributed by atoms with Crippen LogP contribution in [0.2, 0.25) is 0 Å². The van der Waals surface area contributed by atoms with E-state index in [0.29, 0.717) is 12.5 Å². The second-order valence-electron chi connectivity index (χ2n) is 8.65. The summed E-state index contributed by atoms with van der Waals surface area (Å²) in [5, 5.41) is 0. The summed E-state index contributed by atoms with van der Waals surface area (Å²) in [6.45, 7) is 6.97. The predicted molar refractivity (Wildman–Crippen MR) is 131 cm³/mol. The summed E-state index contributed by atoms with van der Waals surface area (Å²) in [6, 6.07) is 23.5. The van der Waals surface area contributed by atoms with Crippen molar-refractivity contribution in [1.82, 2.24) is 0 Å². The lowest BCUT2D eigenvalue weighted by molar-refractivity contribution is -0.129. The molecule has 1 aliphatic heterocycles. The summed E-state index contributed by atoms with van der Waals surface area (Å²) < 4.78 is 12.3. The summed E-state index contributed by atoms with van der Waals surface area (Å²) in [4.78, 5) is 16.7. The molecule has 162 valence electrons. The van der Waals surface area contributed by atoms with Crippen LogP contribution in [0.5, 0.6) is 5.75 Å². The Morgan fingerprint density at radius 1 is 0.938 bits per heavy atom. The molecule has 32 heavy (non-hydrogen) atoms. The number of halogens is 1. The van der Waals surface area contributed by atoms with Crippen molar-refractivity contribution in [2.75, 3.05) is 0 Å². The molecule has 0 saturated heterocycles. The van der Waals surface area contributed by atoms with Gasteiger partial charge in [0.2, 0.25) is 5.90 Å². The van der Waals surface area contributed by atoms with Gasteiger partial charge >= 0.3 is 5.97 Å². The number of aliphatic imine (C=N–C) groups is 1. The minimum absolute atomic E-state index is 0.0614. The Labute approximate surface area is 196 Å². The maximum absolute atomic E-state index is 12.3. The van der Waals surface area contributed by atoms with Gasteiger partial charge in [-0.2, -0.15) is 0 Å². The summed E-state index contributed by atoms with van der Waals surface area (Å²) in [6.07, 6.45) is 1.72. The Morgan fingerprint density at radius 2 is 1.59 bits per heavy atom. The standard InChI is InChI=1S/C27H24BrNO3/c1-27(2,3)21-10-8-20(9-11-21)25-29-24(26(30)32-25)16-18-6-14-23(15-7-18)31-17-19-4-12-22(28)13-5-19/h4-16H,17H2,1-3H3/b24-16-. The van der Waals surface area contributed by atoms with Crippen LogP contribution < -0.4 is 4.74 Å². The summed E-state index contributed by atoms with van der Waals surface area (Å²) in [5.74, 6) is 0.638. The smallest absolute Gasteiger partial charge is 0.363 e. The van der Waals surface area contributed by atoms with Crippen LogP contribution in [0.1, 0.15) is 43.0 Å². The number of ether oxygens (including phenoxy) is 2. The number of hydrogen-bond acceptors (Lipinski definition) is 4. The van der Waals surface area contributed by atoms with Crippen LogP contribution >= 0.6 is 15.9 Å². The van der Waals surface area contributed by atoms with Crippen molar-refractivity contribution in [3.63, 3.8) is 0 Å². The average Bonchev–Trinajstić information content (AvgIpc) is 3.14. The molecule has 0 N–H and O–H groups in total. The lowest BCUT2D eigenvalue weighted by atomic mass is 9.87. The fraction of sp³-hybridized carbons (Fsp3) is 0.185. The summed E-state index contributed by atoms with van der Waals surface area (Å²) in [7, 11) is 0. The molecule has 0 radical (unpaired) electrons. The van der Waals surface area contributed by atoms with Gasteiger partial charge in [0.1, 0.15) is 12.4 Å². The van der Waals surface area contributed by atoms with Gasteiger partial charge < -0.3 is 9.47 Å². The van der Waals surface area contributed by atoms with Crippen LogP contribution in [0.15, 0.2) is 88.0 Å². The molecule has 3 aromatic rings. The third-order valence-corrected chi connectivity index (χ3v) is 5.65. The molecule has 1 aliphatic rings. The van der Waals surface area contributed by atoms with Gasteiger partial charge in [0, 0.05) is 10.0 Å². The van der Waals surface area contributed by atoms with Crippen molar-refractivity contribution in [3.05, 3.63) is 105 Å². The minimum Gasteiger partial charge on any atom is -0.489 e. The van der Waals surface area contributed by atoms with E-state index < -0.39 is 5.97 Å². The first kappa shape index (κ1) is 22.0. The molecular weight excluding hydrogens is 466 g/mol. The molecule has 1 heterocycles. The average molecular weight is 490 g/mol. The van der Waals surface area contributed by atoms with Crippen molar-refractivity contribution in [2.45, 2.75) is 32.8 Å². The van der Waals surface area contributed by atoms with Crippen LogP contribution in [0.3, 0.4) is 0 Å². The third-order valence-electron chi connectivity index (χ3n) is 5.12. The number of rotatable bonds is 5. The highest BCUT2D eigenvalue weighted by molar-refractivity contribution is 9.10. The largest absolute Gasteiger partial charge is 0.489 e. The zero-order valence-corrected chi connectivity index (χ0v) is 19.8. The number of hydrogen-bond donors (Lipinski definition) is 0. The highest BCUT2D eigenvalue weighted by atomic mass is 79.9. The third kappa shape index (κ3) is 5.35. The second-order valence-corrected chi connectivity index (χ2v) is 9.56. The molecule has 0 fully saturated rings. The van der Waals surface area contributed by atoms with Gasteiger partial charge in [-0.15, -0.1) is 0 Å². The molecule has 0 aliphatic carbocycles. The zero-order chi connectivity index (χ0) is 22.7. The van der Waals surface area contributed by atoms with Gasteiger partial charge in [0.15, 0.2) is 5.70 Å². The topological polar surface area (TPSA) is 47.9 Å². The van der Waals surface area contributed by atoms with E-state index in [1.165, 1.54) is 5.56 Å². The monoisotopic (exact) mass is 489 g/mol. The number of esters is 1. The Hall–Kier alpha value is -3.18. The van der Waals surface area contributed by atoms with Gasteiger partial charge in [-0.3, -0.25) is 0 Å². The highest BCUT2D eigenvalue weighted by Crippen LogP contribution is 2.25. The van der Waals surface area contributed by atoms with E-state index in [1.807, 2.05) is 72.8 Å². The summed E-state index contributed by atoms with van der Waals surface area (Å²) >= 11 is 3.43. The van der Waals surface area contributed by atoms with Crippen LogP contribution in [0, 0.1) is 0 Å². The molecule has 4 rings (SSSR count). The van der Waals surface area contributed by atoms with Crippen LogP contribution in [0.4, 0.5) is 0 Å². The van der Waals surface area contributed by atoms with Gasteiger partial charge in [-0.1, -0.05) is 73.1 Å². The van der Waals surface area contributed by atoms with E-state index in [0.717, 1.165) is 26.9 Å². The highest BCUT2D eigenvalue weighted by Gasteiger charge is 2.24. The summed E-state index contributed by atoms with van der Waals surface area (Å²) in [5.41, 5.74) is 4.28. The van der Waals surface area contributed by atoms with E-state index in [1.54, 1.807) is 6.08 Å². The molecule has 0 aromatic heterocycles. The lowest BCUT2D eigenvalue weighted by Gasteiger charge is -2.18. The Balaban J connectivity index is 1.44. The normalized spacial score (nSPS) is 14.9. The molecule has 0 spiro atoms. The zero-order valence-electron chi connectivity index (χ0n) is 18.3. The number of cyclic esters (lactones) is 1. The fourth-order valence-electron chi connectivity index (χ4n) is 3.21. The molecule has 5 heteroatoms. The van der Waals surface area contributed by atoms with Crippen molar-refractivity contribution < 1.29 is 14.3 Å². The van der Waals surface area contributed by atoms with E-state index in [4.69, 9.17) is 9.47 Å². The molecule has 3 aromatic carbocycles. The van der Waals surface area contributed by atoms with E-state index >= 15 is 0 Å². The molecule has 0 amide bonds. The Morgan fingerprint density at radius 3 is 2.22 bits per heavy atom. The SMILES string of the molecule is CC(C)(C)c1ccc(C2=N/C(=C\c3ccc(OCc4ccc(Br)cc4)cc3)C(=O)O2)cc1. The number of nitrogens with zero attached hydrogens (tertiary/aromatic N) is 1. The van der Waals surface area contributed by atoms with E-state index in [2.05, 4.69) is 41.7 Å². The second kappa shape index (κ2) is 9.13. The van der Waals surface area contributed by atoms with Crippen molar-refractivity contribution >= 4 is 33.9 Å². The molecular formula is C27H24BrNO3. The quantitative estimate of drug-likeness (QED) is 0.297. The van der Waals surface area contributed by atoms with Crippen LogP contribution in [-0.2, 0) is 21.6 Å². The Bertz CT molecular complexity index is 1170. The predicted octanol–water partition coefficient (Wildman–Crippen LogP) is 6.67. The first-order chi connectivity index (χ1) is 15.3. The van der Waals surface area contributed by atoms with E-state index in [-0.39, 0.29) is 11.1 Å². The van der Waals surface area contributed by atoms with Crippen molar-refractivity contribution in [3.8, 4) is 5.75 Å². The molecule has 0 unspecified atom stereocenters. The lowest BCUT2D eigenvalue weighted by Crippen LogP contribution is -2.11. The van der Waals surface area contributed by atoms with Crippen molar-refractivity contribution in [1.29, 1.82) is 0 Å². The van der Waals surface area contributed by atoms with Gasteiger partial charge in [-0.05, 0) is 64.6 Å². The Kier molecular flexibility index (Phi) is 6.28. The first-order valence-corrected chi connectivity index (χ1v) is 11.2. The first-order valence-electron chi connectivity index (χ1n) is 10.4. The molecule has 0 saturated carbocycles. The maximum atomic E-state index is 12.3. The van der Waals surface area contributed by atoms with Gasteiger partial charge in [0.25, 0.3) is 0 Å². The number of benzene rings is 3. The molecule has 0 bridgehead atoms. The van der Waals surface area contributed by atoms with Crippen LogP contribution in [0.25, 0.3) is 6.08 Å². The van der Waals surface area contributed by atoms with Crippen molar-refractivity contribution in [2.24, 2.45) is 4.99 Å². The molecule has 4 nitrogen and oxygen atoms in total. The van der Waals surface area contributed by atoms with Gasteiger partial charge in [-0.25, -0.2) is 9.79 Å². The number of carbonyl (C=O) groups excluding carboxylic acids is 1. The van der Waals surface area contributed by atoms with Gasteiger partial charge in [0.05, 0.1) is 0 Å². The maximum Gasteiger partial charge on any atom is 0.363 e. The van der Waals surface area contributed by atoms with E-state index in [9.17, 15) is 4.79 Å².